The van der Waals surface area contributed by atoms with Crippen molar-refractivity contribution in [2.75, 3.05) is 0 Å². The highest BCUT2D eigenvalue weighted by Gasteiger charge is 2.30. The predicted molar refractivity (Wildman–Crippen MR) is 103 cm³/mol. The van der Waals surface area contributed by atoms with E-state index in [0.29, 0.717) is 28.6 Å². The zero-order valence-electron chi connectivity index (χ0n) is 15.2. The Hall–Kier alpha value is -4.08. The molecule has 0 radical (unpaired) electrons. The lowest BCUT2D eigenvalue weighted by atomic mass is 10.2. The van der Waals surface area contributed by atoms with Crippen molar-refractivity contribution in [1.29, 1.82) is 0 Å². The van der Waals surface area contributed by atoms with Crippen LogP contribution in [0.5, 0.6) is 5.75 Å². The first-order valence-electron chi connectivity index (χ1n) is 8.68. The normalized spacial score (nSPS) is 11.7. The number of benzene rings is 1. The summed E-state index contributed by atoms with van der Waals surface area (Å²) in [5.74, 6) is 0.473. The van der Waals surface area contributed by atoms with Crippen molar-refractivity contribution in [3.05, 3.63) is 78.6 Å². The maximum atomic E-state index is 12.3. The highest BCUT2D eigenvalue weighted by molar-refractivity contribution is 5.80. The van der Waals surface area contributed by atoms with Crippen LogP contribution in [0.2, 0.25) is 0 Å². The number of rotatable bonds is 5. The highest BCUT2D eigenvalue weighted by atomic mass is 19.4. The van der Waals surface area contributed by atoms with Crippen LogP contribution in [-0.2, 0) is 0 Å². The zero-order chi connectivity index (χ0) is 21.0. The van der Waals surface area contributed by atoms with Crippen LogP contribution in [-0.4, -0.2) is 37.4 Å². The number of aromatic nitrogens is 5. The smallest absolute Gasteiger partial charge is 0.406 e. The first-order valence-corrected chi connectivity index (χ1v) is 8.68. The Morgan fingerprint density at radius 1 is 0.800 bits per heavy atom. The summed E-state index contributed by atoms with van der Waals surface area (Å²) >= 11 is 0. The van der Waals surface area contributed by atoms with Gasteiger partial charge in [0.2, 0.25) is 11.6 Å². The van der Waals surface area contributed by atoms with Crippen LogP contribution in [0.15, 0.2) is 78.2 Å². The van der Waals surface area contributed by atoms with Crippen molar-refractivity contribution in [3.8, 4) is 28.8 Å². The molecule has 3 aromatic heterocycles. The first-order chi connectivity index (χ1) is 14.5. The number of pyridine rings is 2. The third kappa shape index (κ3) is 4.49. The van der Waals surface area contributed by atoms with Crippen LogP contribution in [0.3, 0.4) is 0 Å². The molecule has 0 aliphatic heterocycles. The minimum Gasteiger partial charge on any atom is -0.406 e. The van der Waals surface area contributed by atoms with Gasteiger partial charge in [0.15, 0.2) is 0 Å². The number of nitrogens with zero attached hydrogens (tertiary/aromatic N) is 6. The van der Waals surface area contributed by atoms with Gasteiger partial charge >= 0.3 is 6.36 Å². The Kier molecular flexibility index (Phi) is 5.21. The Morgan fingerprint density at radius 3 is 1.83 bits per heavy atom. The summed E-state index contributed by atoms with van der Waals surface area (Å²) in [4.78, 5) is 8.55. The topological polar surface area (TPSA) is 78.1 Å². The van der Waals surface area contributed by atoms with Gasteiger partial charge in [0.25, 0.3) is 0 Å². The average Bonchev–Trinajstić information content (AvgIpc) is 3.17. The average molecular weight is 410 g/mol. The molecule has 30 heavy (non-hydrogen) atoms. The maximum Gasteiger partial charge on any atom is 0.573 e. The molecule has 0 atom stereocenters. The molecule has 10 heteroatoms. The van der Waals surface area contributed by atoms with E-state index >= 15 is 0 Å². The minimum absolute atomic E-state index is 0.313. The largest absolute Gasteiger partial charge is 0.573 e. The second-order valence-electron chi connectivity index (χ2n) is 5.95. The standard InChI is InChI=1S/C20H13F3N6O/c21-20(22,23)30-15-9-7-14(8-10-15)13-26-29-18(16-5-1-3-11-24-16)27-28-19(29)17-6-2-4-12-25-17/h1-13H. The van der Waals surface area contributed by atoms with Gasteiger partial charge in [0, 0.05) is 12.4 Å². The molecule has 0 aliphatic rings. The Bertz CT molecular complexity index is 1090. The molecule has 150 valence electrons. The van der Waals surface area contributed by atoms with E-state index in [9.17, 15) is 13.2 Å². The monoisotopic (exact) mass is 410 g/mol. The molecule has 4 rings (SSSR count). The molecule has 7 nitrogen and oxygen atoms in total. The van der Waals surface area contributed by atoms with Crippen LogP contribution in [0, 0.1) is 0 Å². The van der Waals surface area contributed by atoms with Crippen molar-refractivity contribution < 1.29 is 17.9 Å². The van der Waals surface area contributed by atoms with E-state index in [-0.39, 0.29) is 5.75 Å². The molecule has 0 saturated carbocycles. The fraction of sp³-hybridized carbons (Fsp3) is 0.0500. The van der Waals surface area contributed by atoms with Crippen LogP contribution >= 0.6 is 0 Å². The Labute approximate surface area is 168 Å². The van der Waals surface area contributed by atoms with Gasteiger partial charge in [-0.2, -0.15) is 9.78 Å². The summed E-state index contributed by atoms with van der Waals surface area (Å²) in [6, 6.07) is 16.0. The quantitative estimate of drug-likeness (QED) is 0.461. The van der Waals surface area contributed by atoms with Crippen molar-refractivity contribution in [2.24, 2.45) is 5.10 Å². The van der Waals surface area contributed by atoms with Crippen molar-refractivity contribution in [2.45, 2.75) is 6.36 Å². The molecule has 0 saturated heterocycles. The molecule has 1 aromatic carbocycles. The summed E-state index contributed by atoms with van der Waals surface area (Å²) in [6.07, 6.45) is -0.0252. The van der Waals surface area contributed by atoms with Crippen molar-refractivity contribution in [3.63, 3.8) is 0 Å². The second kappa shape index (κ2) is 8.11. The van der Waals surface area contributed by atoms with Crippen LogP contribution in [0.25, 0.3) is 23.0 Å². The van der Waals surface area contributed by atoms with Gasteiger partial charge in [0.1, 0.15) is 17.1 Å². The summed E-state index contributed by atoms with van der Waals surface area (Å²) in [6.45, 7) is 0. The van der Waals surface area contributed by atoms with E-state index in [1.807, 2.05) is 12.1 Å². The molecule has 3 heterocycles. The first kappa shape index (κ1) is 19.2. The van der Waals surface area contributed by atoms with Gasteiger partial charge < -0.3 is 4.74 Å². The van der Waals surface area contributed by atoms with Gasteiger partial charge in [-0.1, -0.05) is 12.1 Å². The van der Waals surface area contributed by atoms with Gasteiger partial charge in [-0.3, -0.25) is 9.97 Å². The second-order valence-corrected chi connectivity index (χ2v) is 5.95. The molecule has 0 amide bonds. The van der Waals surface area contributed by atoms with Crippen molar-refractivity contribution >= 4 is 6.21 Å². The van der Waals surface area contributed by atoms with Crippen molar-refractivity contribution in [1.82, 2.24) is 24.8 Å². The Morgan fingerprint density at radius 2 is 1.37 bits per heavy atom. The van der Waals surface area contributed by atoms with Crippen LogP contribution in [0.1, 0.15) is 5.56 Å². The lowest BCUT2D eigenvalue weighted by Gasteiger charge is -2.08. The van der Waals surface area contributed by atoms with Gasteiger partial charge in [-0.05, 0) is 54.1 Å². The predicted octanol–water partition coefficient (Wildman–Crippen LogP) is 4.18. The molecule has 0 N–H and O–H groups in total. The number of alkyl halides is 3. The fourth-order valence-electron chi connectivity index (χ4n) is 2.58. The fourth-order valence-corrected chi connectivity index (χ4v) is 2.58. The van der Waals surface area contributed by atoms with Crippen LogP contribution in [0.4, 0.5) is 13.2 Å². The number of hydrogen-bond donors (Lipinski definition) is 0. The van der Waals surface area contributed by atoms with E-state index in [2.05, 4.69) is 30.0 Å². The number of halogens is 3. The van der Waals surface area contributed by atoms with E-state index < -0.39 is 6.36 Å². The summed E-state index contributed by atoms with van der Waals surface area (Å²) in [7, 11) is 0. The third-order valence-electron chi connectivity index (χ3n) is 3.86. The van der Waals surface area contributed by atoms with E-state index in [1.165, 1.54) is 35.2 Å². The zero-order valence-corrected chi connectivity index (χ0v) is 15.2. The summed E-state index contributed by atoms with van der Waals surface area (Å²) in [5.41, 5.74) is 1.66. The maximum absolute atomic E-state index is 12.3. The lowest BCUT2D eigenvalue weighted by Crippen LogP contribution is -2.17. The molecular formula is C20H13F3N6O. The molecule has 0 unspecified atom stereocenters. The minimum atomic E-state index is -4.74. The van der Waals surface area contributed by atoms with E-state index in [4.69, 9.17) is 0 Å². The molecular weight excluding hydrogens is 397 g/mol. The SMILES string of the molecule is FC(F)(F)Oc1ccc(C=Nn2c(-c3ccccn3)nnc2-c2ccccn2)cc1. The summed E-state index contributed by atoms with van der Waals surface area (Å²) in [5, 5.41) is 12.8. The molecule has 4 aromatic rings. The number of hydrogen-bond acceptors (Lipinski definition) is 6. The van der Waals surface area contributed by atoms with E-state index in [0.717, 1.165) is 0 Å². The number of ether oxygens (including phenoxy) is 1. The molecule has 0 spiro atoms. The van der Waals surface area contributed by atoms with Gasteiger partial charge in [-0.25, -0.2) is 0 Å². The molecule has 0 aliphatic carbocycles. The summed E-state index contributed by atoms with van der Waals surface area (Å²) < 4.78 is 42.3. The highest BCUT2D eigenvalue weighted by Crippen LogP contribution is 2.23. The molecule has 0 bridgehead atoms. The lowest BCUT2D eigenvalue weighted by molar-refractivity contribution is -0.274. The van der Waals surface area contributed by atoms with Crippen LogP contribution < -0.4 is 4.74 Å². The molecule has 0 fully saturated rings. The van der Waals surface area contributed by atoms with Gasteiger partial charge in [0.05, 0.1) is 6.21 Å². The Balaban J connectivity index is 1.69. The van der Waals surface area contributed by atoms with E-state index in [1.54, 1.807) is 36.7 Å². The third-order valence-corrected chi connectivity index (χ3v) is 3.86. The van der Waals surface area contributed by atoms with Gasteiger partial charge in [-0.15, -0.1) is 23.4 Å².